The first-order valence-electron chi connectivity index (χ1n) is 6.11. The number of carbonyl (C=O) groups is 1. The Labute approximate surface area is 107 Å². The molecule has 1 fully saturated rings. The number of hydrazine groups is 1. The van der Waals surface area contributed by atoms with Gasteiger partial charge >= 0.3 is 0 Å². The van der Waals surface area contributed by atoms with E-state index in [4.69, 9.17) is 5.84 Å². The molecule has 1 unspecified atom stereocenters. The summed E-state index contributed by atoms with van der Waals surface area (Å²) in [5.41, 5.74) is 3.58. The monoisotopic (exact) mass is 249 g/mol. The van der Waals surface area contributed by atoms with E-state index < -0.39 is 0 Å². The molecule has 1 saturated heterocycles. The number of rotatable bonds is 3. The molecule has 1 atom stereocenters. The van der Waals surface area contributed by atoms with Gasteiger partial charge in [-0.2, -0.15) is 0 Å². The van der Waals surface area contributed by atoms with E-state index in [1.54, 1.807) is 18.3 Å². The average Bonchev–Trinajstić information content (AvgIpc) is 2.39. The quantitative estimate of drug-likeness (QED) is 0.526. The fourth-order valence-corrected chi connectivity index (χ4v) is 2.16. The Morgan fingerprint density at radius 2 is 2.39 bits per heavy atom. The Balaban J connectivity index is 1.94. The molecule has 0 aliphatic carbocycles. The van der Waals surface area contributed by atoms with Crippen LogP contribution in [-0.2, 0) is 0 Å². The zero-order valence-electron chi connectivity index (χ0n) is 10.5. The van der Waals surface area contributed by atoms with Gasteiger partial charge in [-0.3, -0.25) is 10.6 Å². The van der Waals surface area contributed by atoms with Crippen molar-refractivity contribution in [3.8, 4) is 0 Å². The van der Waals surface area contributed by atoms with Crippen molar-refractivity contribution in [2.24, 2.45) is 5.84 Å². The standard InChI is InChI=1S/C12H19N5O/c1-17-6-2-3-10(8-17)15-12(18)11-5-4-9(16-13)7-14-11/h4-5,7,10,16H,2-3,6,8,13H2,1H3,(H,15,18). The maximum absolute atomic E-state index is 12.0. The smallest absolute Gasteiger partial charge is 0.270 e. The highest BCUT2D eigenvalue weighted by molar-refractivity contribution is 5.92. The number of nitrogens with two attached hydrogens (primary N) is 1. The summed E-state index contributed by atoms with van der Waals surface area (Å²) in [6.07, 6.45) is 3.69. The Morgan fingerprint density at radius 3 is 3.00 bits per heavy atom. The van der Waals surface area contributed by atoms with Crippen molar-refractivity contribution >= 4 is 11.6 Å². The Morgan fingerprint density at radius 1 is 1.56 bits per heavy atom. The number of likely N-dealkylation sites (tertiary alicyclic amines) is 1. The van der Waals surface area contributed by atoms with Crippen LogP contribution in [0.1, 0.15) is 23.3 Å². The molecule has 18 heavy (non-hydrogen) atoms. The molecule has 2 rings (SSSR count). The van der Waals surface area contributed by atoms with Crippen molar-refractivity contribution in [3.63, 3.8) is 0 Å². The molecule has 1 aromatic rings. The maximum atomic E-state index is 12.0. The minimum absolute atomic E-state index is 0.126. The number of likely N-dealkylation sites (N-methyl/N-ethyl adjacent to an activating group) is 1. The van der Waals surface area contributed by atoms with Gasteiger partial charge in [-0.1, -0.05) is 0 Å². The lowest BCUT2D eigenvalue weighted by Gasteiger charge is -2.30. The predicted molar refractivity (Wildman–Crippen MR) is 70.0 cm³/mol. The fraction of sp³-hybridized carbons (Fsp3) is 0.500. The van der Waals surface area contributed by atoms with E-state index in [9.17, 15) is 4.79 Å². The van der Waals surface area contributed by atoms with E-state index >= 15 is 0 Å². The van der Waals surface area contributed by atoms with Crippen LogP contribution >= 0.6 is 0 Å². The molecule has 98 valence electrons. The molecule has 6 heteroatoms. The van der Waals surface area contributed by atoms with Crippen LogP contribution in [0.3, 0.4) is 0 Å². The molecule has 4 N–H and O–H groups in total. The van der Waals surface area contributed by atoms with Gasteiger partial charge in [-0.25, -0.2) is 4.98 Å². The highest BCUT2D eigenvalue weighted by Gasteiger charge is 2.19. The van der Waals surface area contributed by atoms with Gasteiger partial charge in [0.1, 0.15) is 5.69 Å². The van der Waals surface area contributed by atoms with Gasteiger partial charge in [0.25, 0.3) is 5.91 Å². The lowest BCUT2D eigenvalue weighted by Crippen LogP contribution is -2.46. The van der Waals surface area contributed by atoms with Crippen molar-refractivity contribution in [2.45, 2.75) is 18.9 Å². The third-order valence-corrected chi connectivity index (χ3v) is 3.12. The van der Waals surface area contributed by atoms with Crippen LogP contribution in [0.5, 0.6) is 0 Å². The van der Waals surface area contributed by atoms with Gasteiger partial charge in [0, 0.05) is 12.6 Å². The van der Waals surface area contributed by atoms with Crippen LogP contribution in [-0.4, -0.2) is 42.0 Å². The minimum Gasteiger partial charge on any atom is -0.347 e. The molecule has 0 radical (unpaired) electrons. The number of piperidine rings is 1. The molecular weight excluding hydrogens is 230 g/mol. The molecule has 6 nitrogen and oxygen atoms in total. The fourth-order valence-electron chi connectivity index (χ4n) is 2.16. The molecule has 0 spiro atoms. The van der Waals surface area contributed by atoms with E-state index in [2.05, 4.69) is 27.7 Å². The van der Waals surface area contributed by atoms with Crippen LogP contribution in [0, 0.1) is 0 Å². The van der Waals surface area contributed by atoms with Gasteiger partial charge < -0.3 is 15.6 Å². The van der Waals surface area contributed by atoms with Crippen molar-refractivity contribution < 1.29 is 4.79 Å². The first kappa shape index (κ1) is 12.8. The molecule has 1 aliphatic rings. The maximum Gasteiger partial charge on any atom is 0.270 e. The summed E-state index contributed by atoms with van der Waals surface area (Å²) >= 11 is 0. The third-order valence-electron chi connectivity index (χ3n) is 3.12. The number of hydrogen-bond acceptors (Lipinski definition) is 5. The summed E-state index contributed by atoms with van der Waals surface area (Å²) < 4.78 is 0. The second-order valence-corrected chi connectivity index (χ2v) is 4.65. The largest absolute Gasteiger partial charge is 0.347 e. The number of nitrogens with zero attached hydrogens (tertiary/aromatic N) is 2. The summed E-state index contributed by atoms with van der Waals surface area (Å²) in [4.78, 5) is 18.3. The Kier molecular flexibility index (Phi) is 4.11. The van der Waals surface area contributed by atoms with Gasteiger partial charge in [0.15, 0.2) is 0 Å². The van der Waals surface area contributed by atoms with Gasteiger partial charge in [-0.15, -0.1) is 0 Å². The van der Waals surface area contributed by atoms with Crippen LogP contribution in [0.2, 0.25) is 0 Å². The summed E-state index contributed by atoms with van der Waals surface area (Å²) in [5, 5.41) is 3.01. The minimum atomic E-state index is -0.126. The SMILES string of the molecule is CN1CCCC(NC(=O)c2ccc(NN)cn2)C1. The van der Waals surface area contributed by atoms with Crippen molar-refractivity contribution in [1.82, 2.24) is 15.2 Å². The van der Waals surface area contributed by atoms with Crippen molar-refractivity contribution in [2.75, 3.05) is 25.6 Å². The number of pyridine rings is 1. The Bertz CT molecular complexity index is 405. The molecule has 0 aromatic carbocycles. The number of carbonyl (C=O) groups excluding carboxylic acids is 1. The highest BCUT2D eigenvalue weighted by atomic mass is 16.1. The van der Waals surface area contributed by atoms with Crippen molar-refractivity contribution in [3.05, 3.63) is 24.0 Å². The van der Waals surface area contributed by atoms with E-state index in [0.29, 0.717) is 11.4 Å². The summed E-state index contributed by atoms with van der Waals surface area (Å²) in [5.74, 6) is 5.12. The van der Waals surface area contributed by atoms with Crippen LogP contribution < -0.4 is 16.6 Å². The molecule has 0 bridgehead atoms. The molecule has 0 saturated carbocycles. The van der Waals surface area contributed by atoms with E-state index in [-0.39, 0.29) is 11.9 Å². The third kappa shape index (κ3) is 3.18. The van der Waals surface area contributed by atoms with Crippen LogP contribution in [0.25, 0.3) is 0 Å². The first-order chi connectivity index (χ1) is 8.69. The predicted octanol–water partition coefficient (Wildman–Crippen LogP) is 0.191. The van der Waals surface area contributed by atoms with Crippen molar-refractivity contribution in [1.29, 1.82) is 0 Å². The summed E-state index contributed by atoms with van der Waals surface area (Å²) in [6.45, 7) is 2.00. The number of nitrogens with one attached hydrogen (secondary N) is 2. The number of amides is 1. The van der Waals surface area contributed by atoms with E-state index in [1.165, 1.54) is 0 Å². The molecule has 1 amide bonds. The second kappa shape index (κ2) is 5.79. The van der Waals surface area contributed by atoms with Gasteiger partial charge in [0.05, 0.1) is 11.9 Å². The average molecular weight is 249 g/mol. The van der Waals surface area contributed by atoms with E-state index in [1.807, 2.05) is 0 Å². The first-order valence-corrected chi connectivity index (χ1v) is 6.11. The summed E-state index contributed by atoms with van der Waals surface area (Å²) in [7, 11) is 2.07. The zero-order chi connectivity index (χ0) is 13.0. The molecular formula is C12H19N5O. The molecule has 1 aromatic heterocycles. The van der Waals surface area contributed by atoms with Gasteiger partial charge in [0.2, 0.25) is 0 Å². The number of hydrogen-bond donors (Lipinski definition) is 3. The topological polar surface area (TPSA) is 83.3 Å². The number of anilines is 1. The lowest BCUT2D eigenvalue weighted by molar-refractivity contribution is 0.0907. The van der Waals surface area contributed by atoms with E-state index in [0.717, 1.165) is 25.9 Å². The normalized spacial score (nSPS) is 20.4. The van der Waals surface area contributed by atoms with Gasteiger partial charge in [-0.05, 0) is 38.6 Å². The second-order valence-electron chi connectivity index (χ2n) is 4.65. The highest BCUT2D eigenvalue weighted by Crippen LogP contribution is 2.09. The van der Waals surface area contributed by atoms with Crippen LogP contribution in [0.4, 0.5) is 5.69 Å². The lowest BCUT2D eigenvalue weighted by atomic mass is 10.1. The summed E-state index contributed by atoms with van der Waals surface area (Å²) in [6, 6.07) is 3.61. The Hall–Kier alpha value is -1.66. The van der Waals surface area contributed by atoms with Crippen LogP contribution in [0.15, 0.2) is 18.3 Å². The number of nitrogen functional groups attached to an aromatic ring is 1. The molecule has 1 aliphatic heterocycles. The zero-order valence-corrected chi connectivity index (χ0v) is 10.5. The molecule has 2 heterocycles. The number of aromatic nitrogens is 1.